The number of rotatable bonds is 4. The smallest absolute Gasteiger partial charge is 0.394 e. The quantitative estimate of drug-likeness (QED) is 0.501. The molecule has 0 bridgehead atoms. The Labute approximate surface area is 144 Å². The number of carbonyl (C=O) groups excluding carboxylic acids is 1. The molecule has 0 aliphatic carbocycles. The third-order valence-electron chi connectivity index (χ3n) is 4.28. The van der Waals surface area contributed by atoms with Gasteiger partial charge in [-0.2, -0.15) is 0 Å². The summed E-state index contributed by atoms with van der Waals surface area (Å²) in [4.78, 5) is 12.2. The molecule has 3 nitrogen and oxygen atoms in total. The Morgan fingerprint density at radius 3 is 1.46 bits per heavy atom. The third-order valence-corrected chi connectivity index (χ3v) is 4.28. The van der Waals surface area contributed by atoms with Crippen molar-refractivity contribution < 1.29 is 14.3 Å². The molecule has 0 heterocycles. The second kappa shape index (κ2) is 7.52. The van der Waals surface area contributed by atoms with Crippen LogP contribution in [0.3, 0.4) is 0 Å². The predicted octanol–water partition coefficient (Wildman–Crippen LogP) is 6.13. The Balaban J connectivity index is 2.18. The molecule has 2 aromatic carbocycles. The van der Waals surface area contributed by atoms with Gasteiger partial charge in [-0.25, -0.2) is 4.79 Å². The van der Waals surface area contributed by atoms with E-state index in [0.717, 1.165) is 11.1 Å². The fourth-order valence-electron chi connectivity index (χ4n) is 2.94. The lowest BCUT2D eigenvalue weighted by Crippen LogP contribution is -2.15. The van der Waals surface area contributed by atoms with Gasteiger partial charge in [0.2, 0.25) is 0 Å². The summed E-state index contributed by atoms with van der Waals surface area (Å²) in [6.07, 6.45) is -0.706. The first-order valence-electron chi connectivity index (χ1n) is 8.40. The maximum atomic E-state index is 12.2. The molecular formula is C21H26O3. The topological polar surface area (TPSA) is 35.5 Å². The Hall–Kier alpha value is -2.29. The van der Waals surface area contributed by atoms with E-state index in [2.05, 4.69) is 39.8 Å². The van der Waals surface area contributed by atoms with Crippen molar-refractivity contribution in [2.45, 2.75) is 53.4 Å². The molecule has 0 saturated heterocycles. The van der Waals surface area contributed by atoms with Gasteiger partial charge in [-0.1, -0.05) is 52.0 Å². The summed E-state index contributed by atoms with van der Waals surface area (Å²) in [6.45, 7) is 12.4. The molecule has 0 aliphatic rings. The minimum atomic E-state index is -0.706. The molecule has 3 heteroatoms. The maximum absolute atomic E-state index is 12.2. The summed E-state index contributed by atoms with van der Waals surface area (Å²) in [7, 11) is 0. The molecule has 0 aliphatic heterocycles. The van der Waals surface area contributed by atoms with Gasteiger partial charge in [0.25, 0.3) is 0 Å². The largest absolute Gasteiger partial charge is 0.519 e. The molecule has 0 fully saturated rings. The first kappa shape index (κ1) is 18.1. The normalized spacial score (nSPS) is 11.0. The summed E-state index contributed by atoms with van der Waals surface area (Å²) in [6, 6.07) is 11.5. The van der Waals surface area contributed by atoms with E-state index in [1.807, 2.05) is 26.0 Å². The molecule has 0 unspecified atom stereocenters. The van der Waals surface area contributed by atoms with Gasteiger partial charge in [-0.15, -0.1) is 0 Å². The van der Waals surface area contributed by atoms with Gasteiger partial charge >= 0.3 is 6.16 Å². The number of carbonyl (C=O) groups is 1. The van der Waals surface area contributed by atoms with Crippen LogP contribution in [0.25, 0.3) is 0 Å². The van der Waals surface area contributed by atoms with E-state index < -0.39 is 6.16 Å². The molecule has 128 valence electrons. The van der Waals surface area contributed by atoms with E-state index in [9.17, 15) is 4.79 Å². The predicted molar refractivity (Wildman–Crippen MR) is 97.2 cm³/mol. The van der Waals surface area contributed by atoms with Crippen LogP contribution in [-0.2, 0) is 0 Å². The molecule has 0 saturated carbocycles. The molecular weight excluding hydrogens is 300 g/mol. The number of ether oxygens (including phenoxy) is 2. The van der Waals surface area contributed by atoms with Crippen molar-refractivity contribution in [1.29, 1.82) is 0 Å². The first-order chi connectivity index (χ1) is 11.3. The molecule has 0 atom stereocenters. The summed E-state index contributed by atoms with van der Waals surface area (Å²) in [5.74, 6) is 1.83. The molecule has 0 spiro atoms. The van der Waals surface area contributed by atoms with Crippen molar-refractivity contribution in [3.8, 4) is 11.5 Å². The fraction of sp³-hybridized carbons (Fsp3) is 0.381. The molecule has 2 rings (SSSR count). The Bertz CT molecular complexity index is 668. The second-order valence-corrected chi connectivity index (χ2v) is 6.70. The number of benzene rings is 2. The van der Waals surface area contributed by atoms with Gasteiger partial charge in [-0.3, -0.25) is 0 Å². The summed E-state index contributed by atoms with van der Waals surface area (Å²) < 4.78 is 10.9. The second-order valence-electron chi connectivity index (χ2n) is 6.70. The molecule has 0 aromatic heterocycles. The summed E-state index contributed by atoms with van der Waals surface area (Å²) in [5, 5.41) is 0. The lowest BCUT2D eigenvalue weighted by Gasteiger charge is -2.15. The zero-order valence-corrected chi connectivity index (χ0v) is 15.3. The van der Waals surface area contributed by atoms with E-state index in [0.29, 0.717) is 23.3 Å². The van der Waals surface area contributed by atoms with Crippen LogP contribution in [0.5, 0.6) is 11.5 Å². The van der Waals surface area contributed by atoms with E-state index in [1.54, 1.807) is 12.1 Å². The van der Waals surface area contributed by atoms with E-state index in [1.165, 1.54) is 11.1 Å². The van der Waals surface area contributed by atoms with Gasteiger partial charge in [0.05, 0.1) is 0 Å². The Kier molecular flexibility index (Phi) is 5.66. The fourth-order valence-corrected chi connectivity index (χ4v) is 2.94. The average molecular weight is 326 g/mol. The lowest BCUT2D eigenvalue weighted by molar-refractivity contribution is 0.151. The molecule has 2 aromatic rings. The molecule has 0 amide bonds. The first-order valence-corrected chi connectivity index (χ1v) is 8.40. The van der Waals surface area contributed by atoms with E-state index in [4.69, 9.17) is 9.47 Å². The molecule has 0 N–H and O–H groups in total. The summed E-state index contributed by atoms with van der Waals surface area (Å²) >= 11 is 0. The average Bonchev–Trinajstić information content (AvgIpc) is 2.50. The SMILES string of the molecule is Cc1c(OC(=O)Oc2cccc(C(C)C)c2C)cccc1C(C)C. The van der Waals surface area contributed by atoms with Crippen molar-refractivity contribution in [3.63, 3.8) is 0 Å². The highest BCUT2D eigenvalue weighted by atomic mass is 16.7. The third kappa shape index (κ3) is 3.97. The van der Waals surface area contributed by atoms with E-state index in [-0.39, 0.29) is 0 Å². The highest BCUT2D eigenvalue weighted by Gasteiger charge is 2.15. The standard InChI is InChI=1S/C21H26O3/c1-13(2)17-9-7-11-19(15(17)5)23-21(22)24-20-12-8-10-18(14(3)4)16(20)6/h7-14H,1-6H3. The zero-order chi connectivity index (χ0) is 17.9. The number of hydrogen-bond donors (Lipinski definition) is 0. The van der Waals surface area contributed by atoms with Crippen LogP contribution in [0, 0.1) is 13.8 Å². The monoisotopic (exact) mass is 326 g/mol. The van der Waals surface area contributed by atoms with Crippen LogP contribution in [0.2, 0.25) is 0 Å². The van der Waals surface area contributed by atoms with Crippen molar-refractivity contribution in [2.75, 3.05) is 0 Å². The van der Waals surface area contributed by atoms with Gasteiger partial charge < -0.3 is 9.47 Å². The van der Waals surface area contributed by atoms with Crippen molar-refractivity contribution in [3.05, 3.63) is 58.7 Å². The van der Waals surface area contributed by atoms with Crippen LogP contribution in [0.1, 0.15) is 61.8 Å². The van der Waals surface area contributed by atoms with Gasteiger partial charge in [0.15, 0.2) is 0 Å². The van der Waals surface area contributed by atoms with Gasteiger partial charge in [0, 0.05) is 0 Å². The maximum Gasteiger partial charge on any atom is 0.519 e. The number of hydrogen-bond acceptors (Lipinski definition) is 3. The highest BCUT2D eigenvalue weighted by Crippen LogP contribution is 2.29. The minimum Gasteiger partial charge on any atom is -0.394 e. The molecule has 0 radical (unpaired) electrons. The van der Waals surface area contributed by atoms with Gasteiger partial charge in [0.1, 0.15) is 11.5 Å². The Morgan fingerprint density at radius 1 is 0.750 bits per heavy atom. The van der Waals surface area contributed by atoms with E-state index >= 15 is 0 Å². The van der Waals surface area contributed by atoms with Crippen LogP contribution >= 0.6 is 0 Å². The molecule has 24 heavy (non-hydrogen) atoms. The zero-order valence-electron chi connectivity index (χ0n) is 15.3. The van der Waals surface area contributed by atoms with Crippen LogP contribution in [0.15, 0.2) is 36.4 Å². The van der Waals surface area contributed by atoms with Crippen molar-refractivity contribution >= 4 is 6.16 Å². The lowest BCUT2D eigenvalue weighted by atomic mass is 9.97. The van der Waals surface area contributed by atoms with Gasteiger partial charge in [-0.05, 0) is 60.1 Å². The van der Waals surface area contributed by atoms with Crippen molar-refractivity contribution in [2.24, 2.45) is 0 Å². The summed E-state index contributed by atoms with van der Waals surface area (Å²) in [5.41, 5.74) is 4.27. The Morgan fingerprint density at radius 2 is 1.12 bits per heavy atom. The minimum absolute atomic E-state index is 0.370. The van der Waals surface area contributed by atoms with Crippen LogP contribution in [0.4, 0.5) is 4.79 Å². The van der Waals surface area contributed by atoms with Crippen molar-refractivity contribution in [1.82, 2.24) is 0 Å². The van der Waals surface area contributed by atoms with Crippen LogP contribution in [-0.4, -0.2) is 6.16 Å². The highest BCUT2D eigenvalue weighted by molar-refractivity contribution is 5.68. The van der Waals surface area contributed by atoms with Crippen LogP contribution < -0.4 is 9.47 Å².